The van der Waals surface area contributed by atoms with Crippen LogP contribution in [0.15, 0.2) is 0 Å². The fourth-order valence-electron chi connectivity index (χ4n) is 1.68. The number of nitrogens with zero attached hydrogens (tertiary/aromatic N) is 1. The number of piperazine rings is 1. The number of hydrogen-bond acceptors (Lipinski definition) is 5. The fourth-order valence-corrected chi connectivity index (χ4v) is 1.68. The van der Waals surface area contributed by atoms with E-state index in [4.69, 9.17) is 5.73 Å². The predicted molar refractivity (Wildman–Crippen MR) is 61.0 cm³/mol. The summed E-state index contributed by atoms with van der Waals surface area (Å²) in [5.41, 5.74) is 5.08. The van der Waals surface area contributed by atoms with Gasteiger partial charge in [-0.1, -0.05) is 6.92 Å². The molecule has 0 radical (unpaired) electrons. The summed E-state index contributed by atoms with van der Waals surface area (Å²) in [5, 5.41) is 4.47. The summed E-state index contributed by atoms with van der Waals surface area (Å²) < 4.78 is 0. The summed E-state index contributed by atoms with van der Waals surface area (Å²) in [6, 6.07) is -0.676. The number of carbonyl (C=O) groups excluding carboxylic acids is 4. The molecule has 0 aromatic carbocycles. The highest BCUT2D eigenvalue weighted by atomic mass is 16.2. The molecule has 100 valence electrons. The van der Waals surface area contributed by atoms with Crippen LogP contribution in [0, 0.1) is 0 Å². The van der Waals surface area contributed by atoms with Crippen molar-refractivity contribution in [2.75, 3.05) is 19.6 Å². The van der Waals surface area contributed by atoms with E-state index >= 15 is 0 Å². The first-order valence-corrected chi connectivity index (χ1v) is 5.59. The van der Waals surface area contributed by atoms with Crippen molar-refractivity contribution in [1.29, 1.82) is 0 Å². The monoisotopic (exact) mass is 256 g/mol. The van der Waals surface area contributed by atoms with Gasteiger partial charge in [-0.2, -0.15) is 0 Å². The molecule has 0 aliphatic carbocycles. The summed E-state index contributed by atoms with van der Waals surface area (Å²) in [6.45, 7) is 1.07. The van der Waals surface area contributed by atoms with Crippen molar-refractivity contribution in [3.8, 4) is 0 Å². The summed E-state index contributed by atoms with van der Waals surface area (Å²) in [6.07, 6.45) is 0.399. The minimum atomic E-state index is -0.676. The van der Waals surface area contributed by atoms with E-state index in [1.165, 1.54) is 0 Å². The first-order chi connectivity index (χ1) is 8.49. The molecular weight excluding hydrogens is 240 g/mol. The molecule has 1 unspecified atom stereocenters. The predicted octanol–water partition coefficient (Wildman–Crippen LogP) is -2.68. The molecule has 0 aromatic rings. The van der Waals surface area contributed by atoms with Gasteiger partial charge in [-0.15, -0.1) is 0 Å². The lowest BCUT2D eigenvalue weighted by Gasteiger charge is -2.33. The minimum absolute atomic E-state index is 0.179. The lowest BCUT2D eigenvalue weighted by atomic mass is 10.1. The molecule has 18 heavy (non-hydrogen) atoms. The maximum Gasteiger partial charge on any atom is 0.249 e. The van der Waals surface area contributed by atoms with Gasteiger partial charge in [0.2, 0.25) is 23.6 Å². The van der Waals surface area contributed by atoms with E-state index < -0.39 is 29.7 Å². The van der Waals surface area contributed by atoms with Gasteiger partial charge in [0.1, 0.15) is 12.6 Å². The molecule has 8 heteroatoms. The van der Waals surface area contributed by atoms with Gasteiger partial charge in [0.15, 0.2) is 0 Å². The number of imide groups is 1. The third-order valence-corrected chi connectivity index (χ3v) is 2.58. The minimum Gasteiger partial charge on any atom is -0.346 e. The number of nitrogens with one attached hydrogen (secondary N) is 2. The van der Waals surface area contributed by atoms with Gasteiger partial charge in [0.05, 0.1) is 13.1 Å². The van der Waals surface area contributed by atoms with E-state index in [0.717, 1.165) is 4.90 Å². The van der Waals surface area contributed by atoms with Crippen LogP contribution in [0.3, 0.4) is 0 Å². The molecule has 1 heterocycles. The Bertz CT molecular complexity index is 382. The molecule has 8 nitrogen and oxygen atoms in total. The lowest BCUT2D eigenvalue weighted by molar-refractivity contribution is -0.149. The molecule has 4 N–H and O–H groups in total. The van der Waals surface area contributed by atoms with Gasteiger partial charge in [0.25, 0.3) is 0 Å². The van der Waals surface area contributed by atoms with Crippen molar-refractivity contribution in [1.82, 2.24) is 15.5 Å². The maximum absolute atomic E-state index is 11.8. The van der Waals surface area contributed by atoms with Crippen LogP contribution in [0.4, 0.5) is 0 Å². The Morgan fingerprint density at radius 1 is 1.50 bits per heavy atom. The summed E-state index contributed by atoms with van der Waals surface area (Å²) in [4.78, 5) is 46.6. The second kappa shape index (κ2) is 6.10. The largest absolute Gasteiger partial charge is 0.346 e. The van der Waals surface area contributed by atoms with Crippen LogP contribution >= 0.6 is 0 Å². The zero-order valence-corrected chi connectivity index (χ0v) is 10.1. The average Bonchev–Trinajstić information content (AvgIpc) is 2.34. The number of amides is 4. The van der Waals surface area contributed by atoms with Crippen LogP contribution in [0.2, 0.25) is 0 Å². The average molecular weight is 256 g/mol. The molecule has 0 bridgehead atoms. The second-order valence-electron chi connectivity index (χ2n) is 3.84. The van der Waals surface area contributed by atoms with Crippen LogP contribution in [-0.2, 0) is 19.2 Å². The molecule has 1 saturated heterocycles. The molecule has 1 rings (SSSR count). The zero-order valence-electron chi connectivity index (χ0n) is 10.1. The molecule has 1 aliphatic heterocycles. The Morgan fingerprint density at radius 3 is 2.72 bits per heavy atom. The highest BCUT2D eigenvalue weighted by Crippen LogP contribution is 2.08. The lowest BCUT2D eigenvalue weighted by Crippen LogP contribution is -2.61. The fraction of sp³-hybridized carbons (Fsp3) is 0.600. The Hall–Kier alpha value is -1.96. The van der Waals surface area contributed by atoms with Gasteiger partial charge >= 0.3 is 0 Å². The summed E-state index contributed by atoms with van der Waals surface area (Å²) >= 11 is 0. The van der Waals surface area contributed by atoms with E-state index in [1.807, 2.05) is 0 Å². The highest BCUT2D eigenvalue weighted by Gasteiger charge is 2.35. The molecule has 1 atom stereocenters. The topological polar surface area (TPSA) is 122 Å². The van der Waals surface area contributed by atoms with Crippen LogP contribution in [0.25, 0.3) is 0 Å². The van der Waals surface area contributed by atoms with E-state index in [1.54, 1.807) is 6.92 Å². The quantitative estimate of drug-likeness (QED) is 0.473. The van der Waals surface area contributed by atoms with Crippen molar-refractivity contribution in [2.24, 2.45) is 5.73 Å². The van der Waals surface area contributed by atoms with E-state index in [9.17, 15) is 19.2 Å². The number of nitrogens with two attached hydrogens (primary N) is 1. The molecule has 0 spiro atoms. The van der Waals surface area contributed by atoms with Crippen molar-refractivity contribution >= 4 is 23.6 Å². The van der Waals surface area contributed by atoms with E-state index in [-0.39, 0.29) is 19.6 Å². The summed E-state index contributed by atoms with van der Waals surface area (Å²) in [7, 11) is 0. The normalized spacial score (nSPS) is 19.4. The molecule has 0 saturated carbocycles. The van der Waals surface area contributed by atoms with Gasteiger partial charge in [-0.3, -0.25) is 24.5 Å². The second-order valence-corrected chi connectivity index (χ2v) is 3.84. The van der Waals surface area contributed by atoms with E-state index in [0.29, 0.717) is 6.42 Å². The van der Waals surface area contributed by atoms with E-state index in [2.05, 4.69) is 10.6 Å². The van der Waals surface area contributed by atoms with Crippen molar-refractivity contribution in [3.05, 3.63) is 0 Å². The Morgan fingerprint density at radius 2 is 2.17 bits per heavy atom. The van der Waals surface area contributed by atoms with Crippen LogP contribution in [-0.4, -0.2) is 54.2 Å². The van der Waals surface area contributed by atoms with Crippen molar-refractivity contribution in [2.45, 2.75) is 19.4 Å². The van der Waals surface area contributed by atoms with Crippen LogP contribution in [0.1, 0.15) is 13.3 Å². The van der Waals surface area contributed by atoms with Crippen molar-refractivity contribution in [3.63, 3.8) is 0 Å². The first-order valence-electron chi connectivity index (χ1n) is 5.59. The van der Waals surface area contributed by atoms with Crippen LogP contribution in [0.5, 0.6) is 0 Å². The molecule has 1 aliphatic rings. The SMILES string of the molecule is CCC1C(=O)NC(=O)CN1C(=O)CNC(=O)CN. The highest BCUT2D eigenvalue weighted by molar-refractivity contribution is 6.04. The van der Waals surface area contributed by atoms with Crippen LogP contribution < -0.4 is 16.4 Å². The molecular formula is C10H16N4O4. The third-order valence-electron chi connectivity index (χ3n) is 2.58. The number of hydrogen-bond donors (Lipinski definition) is 3. The summed E-state index contributed by atoms with van der Waals surface area (Å²) in [5.74, 6) is -1.97. The number of carbonyl (C=O) groups is 4. The zero-order chi connectivity index (χ0) is 13.7. The molecule has 0 aromatic heterocycles. The first kappa shape index (κ1) is 14.1. The van der Waals surface area contributed by atoms with Gasteiger partial charge in [-0.25, -0.2) is 0 Å². The standard InChI is InChI=1S/C10H16N4O4/c1-2-6-10(18)13-8(16)5-14(6)9(17)4-12-7(15)3-11/h6H,2-5,11H2,1H3,(H,12,15)(H,13,16,18). The Kier molecular flexibility index (Phi) is 4.78. The van der Waals surface area contributed by atoms with Crippen molar-refractivity contribution < 1.29 is 19.2 Å². The Balaban J connectivity index is 2.66. The molecule has 4 amide bonds. The third kappa shape index (κ3) is 3.27. The maximum atomic E-state index is 11.8. The van der Waals surface area contributed by atoms with Gasteiger partial charge in [-0.05, 0) is 6.42 Å². The number of rotatable bonds is 4. The Labute approximate surface area is 104 Å². The smallest absolute Gasteiger partial charge is 0.249 e. The van der Waals surface area contributed by atoms with Gasteiger partial charge < -0.3 is 16.0 Å². The molecule has 1 fully saturated rings. The van der Waals surface area contributed by atoms with Gasteiger partial charge in [0, 0.05) is 0 Å².